The first-order valence-electron chi connectivity index (χ1n) is 13.5. The second kappa shape index (κ2) is 14.1. The molecule has 0 unspecified atom stereocenters. The van der Waals surface area contributed by atoms with E-state index in [1.165, 1.54) is 6.26 Å². The lowest BCUT2D eigenvalue weighted by atomic mass is 9.96. The number of ether oxygens (including phenoxy) is 1. The fraction of sp³-hybridized carbons (Fsp3) is 0.808. The molecule has 0 aromatic carbocycles. The van der Waals surface area contributed by atoms with Gasteiger partial charge >= 0.3 is 0 Å². The van der Waals surface area contributed by atoms with Crippen molar-refractivity contribution in [3.63, 3.8) is 0 Å². The smallest absolute Gasteiger partial charge is 0.275 e. The summed E-state index contributed by atoms with van der Waals surface area (Å²) in [4.78, 5) is 38.4. The van der Waals surface area contributed by atoms with Gasteiger partial charge in [0.1, 0.15) is 6.26 Å². The number of carbonyl (C=O) groups is 2. The first-order chi connectivity index (χ1) is 17.3. The minimum Gasteiger partial charge on any atom is -0.447 e. The Hall–Kier alpha value is -2.01. The number of aromatic nitrogens is 1. The number of oxazole rings is 1. The number of aliphatic hydroxyl groups excluding tert-OH is 1. The lowest BCUT2D eigenvalue weighted by Crippen LogP contribution is -2.48. The van der Waals surface area contributed by atoms with Gasteiger partial charge in [-0.2, -0.15) is 0 Å². The summed E-state index contributed by atoms with van der Waals surface area (Å²) in [5.41, 5.74) is 0.309. The Morgan fingerprint density at radius 3 is 2.50 bits per heavy atom. The van der Waals surface area contributed by atoms with Crippen LogP contribution in [-0.2, 0) is 16.1 Å². The normalized spacial score (nSPS) is 20.6. The third-order valence-corrected chi connectivity index (χ3v) is 6.96. The van der Waals surface area contributed by atoms with Gasteiger partial charge in [0, 0.05) is 65.5 Å². The van der Waals surface area contributed by atoms with Gasteiger partial charge in [0.05, 0.1) is 25.2 Å². The zero-order chi connectivity index (χ0) is 26.1. The van der Waals surface area contributed by atoms with E-state index < -0.39 is 6.10 Å². The highest BCUT2D eigenvalue weighted by Gasteiger charge is 2.32. The van der Waals surface area contributed by atoms with Crippen LogP contribution in [0.15, 0.2) is 10.7 Å². The fourth-order valence-corrected chi connectivity index (χ4v) is 4.91. The van der Waals surface area contributed by atoms with Crippen molar-refractivity contribution in [2.75, 3.05) is 72.1 Å². The zero-order valence-electron chi connectivity index (χ0n) is 22.5. The molecule has 2 aliphatic heterocycles. The molecule has 10 nitrogen and oxygen atoms in total. The van der Waals surface area contributed by atoms with Crippen LogP contribution in [0.2, 0.25) is 0 Å². The number of carbonyl (C=O) groups excluding carboxylic acids is 2. The third-order valence-electron chi connectivity index (χ3n) is 6.96. The molecule has 0 saturated carbocycles. The van der Waals surface area contributed by atoms with Crippen molar-refractivity contribution in [1.82, 2.24) is 24.6 Å². The summed E-state index contributed by atoms with van der Waals surface area (Å²) in [6.45, 7) is 16.2. The van der Waals surface area contributed by atoms with E-state index in [9.17, 15) is 14.7 Å². The molecule has 0 aliphatic carbocycles. The van der Waals surface area contributed by atoms with Crippen molar-refractivity contribution < 1.29 is 23.8 Å². The highest BCUT2D eigenvalue weighted by Crippen LogP contribution is 2.21. The van der Waals surface area contributed by atoms with Gasteiger partial charge in [0.2, 0.25) is 11.8 Å². The average Bonchev–Trinajstić information content (AvgIpc) is 3.33. The second-order valence-corrected chi connectivity index (χ2v) is 10.4. The molecule has 2 fully saturated rings. The quantitative estimate of drug-likeness (QED) is 0.455. The summed E-state index contributed by atoms with van der Waals surface area (Å²) in [5.74, 6) is 0.811. The topological polar surface area (TPSA) is 103 Å². The fourth-order valence-electron chi connectivity index (χ4n) is 4.91. The van der Waals surface area contributed by atoms with E-state index in [-0.39, 0.29) is 17.7 Å². The molecule has 1 N–H and O–H groups in total. The van der Waals surface area contributed by atoms with E-state index in [1.54, 1.807) is 4.90 Å². The summed E-state index contributed by atoms with van der Waals surface area (Å²) >= 11 is 0. The predicted octanol–water partition coefficient (Wildman–Crippen LogP) is 1.55. The molecule has 1 aromatic rings. The number of aliphatic hydroxyl groups is 1. The summed E-state index contributed by atoms with van der Waals surface area (Å²) in [5, 5.41) is 10.2. The number of β-amino-alcohol motifs (C(OH)–C–C–N with tert-alkyl or cyclic N) is 1. The van der Waals surface area contributed by atoms with E-state index >= 15 is 0 Å². The van der Waals surface area contributed by atoms with Gasteiger partial charge in [-0.05, 0) is 32.6 Å². The highest BCUT2D eigenvalue weighted by atomic mass is 16.5. The number of rotatable bonds is 12. The molecule has 1 aromatic heterocycles. The van der Waals surface area contributed by atoms with Crippen molar-refractivity contribution in [1.29, 1.82) is 0 Å². The van der Waals surface area contributed by atoms with Crippen molar-refractivity contribution >= 4 is 11.8 Å². The van der Waals surface area contributed by atoms with Gasteiger partial charge in [0.15, 0.2) is 5.69 Å². The van der Waals surface area contributed by atoms with Crippen LogP contribution in [0.5, 0.6) is 0 Å². The molecule has 36 heavy (non-hydrogen) atoms. The number of amides is 2. The Balaban J connectivity index is 1.43. The predicted molar refractivity (Wildman–Crippen MR) is 136 cm³/mol. The minimum atomic E-state index is -0.479. The van der Waals surface area contributed by atoms with Crippen LogP contribution < -0.4 is 0 Å². The third kappa shape index (κ3) is 8.26. The lowest BCUT2D eigenvalue weighted by Gasteiger charge is -2.35. The lowest BCUT2D eigenvalue weighted by molar-refractivity contribution is -0.136. The maximum Gasteiger partial charge on any atom is 0.275 e. The average molecular weight is 508 g/mol. The van der Waals surface area contributed by atoms with Gasteiger partial charge < -0.3 is 24.1 Å². The highest BCUT2D eigenvalue weighted by molar-refractivity contribution is 5.92. The molecular formula is C26H45N5O5. The van der Waals surface area contributed by atoms with Gasteiger partial charge in [-0.3, -0.25) is 19.4 Å². The molecule has 10 heteroatoms. The molecule has 3 heterocycles. The van der Waals surface area contributed by atoms with E-state index in [1.807, 2.05) is 18.7 Å². The summed E-state index contributed by atoms with van der Waals surface area (Å²) in [6, 6.07) is 0. The van der Waals surface area contributed by atoms with E-state index in [4.69, 9.17) is 9.15 Å². The maximum atomic E-state index is 13.1. The maximum absolute atomic E-state index is 13.1. The largest absolute Gasteiger partial charge is 0.447 e. The molecule has 2 aliphatic rings. The standard InChI is InChI=1S/C26H45N5O5/c1-5-30(6-2)25(33)21-8-7-9-31(14-21)26(34)23-19-36-24(27-23)16-29-12-10-28(11-13-29)15-22(32)18-35-17-20(3)4/h19-22,32H,5-18H2,1-4H3/t21-,22+/m0/s1. The summed E-state index contributed by atoms with van der Waals surface area (Å²) < 4.78 is 11.2. The Labute approximate surface area is 215 Å². The number of nitrogens with zero attached hydrogens (tertiary/aromatic N) is 5. The van der Waals surface area contributed by atoms with Crippen LogP contribution in [0.25, 0.3) is 0 Å². The molecule has 0 bridgehead atoms. The molecule has 2 saturated heterocycles. The minimum absolute atomic E-state index is 0.132. The van der Waals surface area contributed by atoms with Crippen molar-refractivity contribution in [3.8, 4) is 0 Å². The van der Waals surface area contributed by atoms with Crippen LogP contribution >= 0.6 is 0 Å². The van der Waals surface area contributed by atoms with Gasteiger partial charge in [0.25, 0.3) is 5.91 Å². The Bertz CT molecular complexity index is 819. The Morgan fingerprint density at radius 2 is 1.83 bits per heavy atom. The summed E-state index contributed by atoms with van der Waals surface area (Å²) in [7, 11) is 0. The number of piperazine rings is 1. The molecule has 0 radical (unpaired) electrons. The van der Waals surface area contributed by atoms with Gasteiger partial charge in [-0.15, -0.1) is 0 Å². The van der Waals surface area contributed by atoms with E-state index in [2.05, 4.69) is 28.6 Å². The number of hydrogen-bond donors (Lipinski definition) is 1. The number of piperidine rings is 1. The second-order valence-electron chi connectivity index (χ2n) is 10.4. The number of likely N-dealkylation sites (tertiary alicyclic amines) is 1. The van der Waals surface area contributed by atoms with Crippen LogP contribution in [0.3, 0.4) is 0 Å². The van der Waals surface area contributed by atoms with Crippen LogP contribution in [0.1, 0.15) is 56.9 Å². The van der Waals surface area contributed by atoms with E-state index in [0.717, 1.165) is 39.0 Å². The number of hydrogen-bond acceptors (Lipinski definition) is 8. The zero-order valence-corrected chi connectivity index (χ0v) is 22.5. The monoisotopic (exact) mass is 507 g/mol. The first kappa shape index (κ1) is 28.6. The van der Waals surface area contributed by atoms with Gasteiger partial charge in [-0.25, -0.2) is 4.98 Å². The van der Waals surface area contributed by atoms with E-state index in [0.29, 0.717) is 70.0 Å². The molecule has 2 atom stereocenters. The van der Waals surface area contributed by atoms with Crippen LogP contribution in [0, 0.1) is 11.8 Å². The Kier molecular flexibility index (Phi) is 11.2. The molecular weight excluding hydrogens is 462 g/mol. The van der Waals surface area contributed by atoms with Crippen LogP contribution in [0.4, 0.5) is 0 Å². The van der Waals surface area contributed by atoms with Crippen LogP contribution in [-0.4, -0.2) is 120 Å². The first-order valence-corrected chi connectivity index (χ1v) is 13.5. The van der Waals surface area contributed by atoms with Crippen molar-refractivity contribution in [2.24, 2.45) is 11.8 Å². The molecule has 204 valence electrons. The van der Waals surface area contributed by atoms with Crippen molar-refractivity contribution in [3.05, 3.63) is 17.8 Å². The molecule has 3 rings (SSSR count). The van der Waals surface area contributed by atoms with Gasteiger partial charge in [-0.1, -0.05) is 13.8 Å². The van der Waals surface area contributed by atoms with Crippen molar-refractivity contribution in [2.45, 2.75) is 53.2 Å². The Morgan fingerprint density at radius 1 is 1.14 bits per heavy atom. The summed E-state index contributed by atoms with van der Waals surface area (Å²) in [6.07, 6.45) is 2.60. The SMILES string of the molecule is CCN(CC)C(=O)[C@H]1CCCN(C(=O)c2coc(CN3CCN(C[C@@H](O)COCC(C)C)CC3)n2)C1. The molecule has 2 amide bonds. The molecule has 0 spiro atoms.